The maximum absolute atomic E-state index is 13.3. The number of aromatic nitrogens is 2. The predicted molar refractivity (Wildman–Crippen MR) is 98.7 cm³/mol. The number of nitrogens with zero attached hydrogens (tertiary/aromatic N) is 2. The number of aryl methyl sites for hydroxylation is 1. The Labute approximate surface area is 147 Å². The van der Waals surface area contributed by atoms with Gasteiger partial charge in [0.05, 0.1) is 10.4 Å². The van der Waals surface area contributed by atoms with E-state index in [1.54, 1.807) is 30.3 Å². The maximum Gasteiger partial charge on any atom is 0.269 e. The fourth-order valence-electron chi connectivity index (χ4n) is 2.84. The predicted octanol–water partition coefficient (Wildman–Crippen LogP) is 4.50. The Hall–Kier alpha value is -2.18. The Morgan fingerprint density at radius 1 is 0.917 bits per heavy atom. The first-order chi connectivity index (χ1) is 11.5. The van der Waals surface area contributed by atoms with E-state index >= 15 is 0 Å². The number of fused-ring (bicyclic) bond motifs is 3. The molecule has 0 aliphatic heterocycles. The third-order valence-corrected chi connectivity index (χ3v) is 6.17. The average Bonchev–Trinajstić information content (AvgIpc) is 2.89. The highest BCUT2D eigenvalue weighted by Crippen LogP contribution is 2.32. The van der Waals surface area contributed by atoms with E-state index in [9.17, 15) is 8.42 Å². The number of halogens is 1. The van der Waals surface area contributed by atoms with Crippen LogP contribution in [0.15, 0.2) is 70.2 Å². The van der Waals surface area contributed by atoms with Gasteiger partial charge in [-0.15, -0.1) is 0 Å². The minimum atomic E-state index is -3.75. The second-order valence-corrected chi connectivity index (χ2v) is 8.20. The van der Waals surface area contributed by atoms with Crippen LogP contribution < -0.4 is 0 Å². The normalized spacial score (nSPS) is 12.1. The van der Waals surface area contributed by atoms with Crippen molar-refractivity contribution in [2.45, 2.75) is 11.8 Å². The summed E-state index contributed by atoms with van der Waals surface area (Å²) in [7, 11) is -3.75. The van der Waals surface area contributed by atoms with E-state index < -0.39 is 10.0 Å². The van der Waals surface area contributed by atoms with Gasteiger partial charge in [0.15, 0.2) is 5.65 Å². The summed E-state index contributed by atoms with van der Waals surface area (Å²) < 4.78 is 28.4. The summed E-state index contributed by atoms with van der Waals surface area (Å²) in [5, 5.41) is 1.67. The molecule has 0 saturated heterocycles. The molecule has 4 nitrogen and oxygen atoms in total. The van der Waals surface area contributed by atoms with Gasteiger partial charge < -0.3 is 0 Å². The van der Waals surface area contributed by atoms with E-state index in [1.807, 2.05) is 37.3 Å². The Morgan fingerprint density at radius 3 is 2.38 bits per heavy atom. The SMILES string of the molecule is Cc1ccc(S(=O)(=O)n2c3ccccc3c3ccc(Br)nc32)cc1. The summed E-state index contributed by atoms with van der Waals surface area (Å²) in [6.45, 7) is 1.93. The van der Waals surface area contributed by atoms with E-state index in [-0.39, 0.29) is 4.90 Å². The van der Waals surface area contributed by atoms with Crippen molar-refractivity contribution in [3.05, 3.63) is 70.8 Å². The molecule has 0 saturated carbocycles. The minimum absolute atomic E-state index is 0.248. The fraction of sp³-hybridized carbons (Fsp3) is 0.0556. The molecule has 6 heteroatoms. The molecule has 0 bridgehead atoms. The van der Waals surface area contributed by atoms with Crippen molar-refractivity contribution in [3.63, 3.8) is 0 Å². The first kappa shape index (κ1) is 15.4. The molecular formula is C18H13BrN2O2S. The molecule has 4 aromatic rings. The van der Waals surface area contributed by atoms with Gasteiger partial charge in [-0.3, -0.25) is 0 Å². The van der Waals surface area contributed by atoms with Gasteiger partial charge in [0.2, 0.25) is 0 Å². The molecule has 4 rings (SSSR count). The number of para-hydroxylation sites is 1. The molecule has 0 spiro atoms. The summed E-state index contributed by atoms with van der Waals surface area (Å²) in [6, 6.07) is 18.0. The van der Waals surface area contributed by atoms with Crippen molar-refractivity contribution in [1.29, 1.82) is 0 Å². The van der Waals surface area contributed by atoms with Crippen LogP contribution in [0, 0.1) is 6.92 Å². The summed E-state index contributed by atoms with van der Waals surface area (Å²) in [5.74, 6) is 0. The first-order valence-corrected chi connectivity index (χ1v) is 9.60. The van der Waals surface area contributed by atoms with E-state index in [0.29, 0.717) is 15.8 Å². The van der Waals surface area contributed by atoms with Crippen molar-refractivity contribution < 1.29 is 8.42 Å². The van der Waals surface area contributed by atoms with Crippen molar-refractivity contribution in [2.24, 2.45) is 0 Å². The van der Waals surface area contributed by atoms with Crippen LogP contribution in [0.1, 0.15) is 5.56 Å². The number of benzene rings is 2. The number of rotatable bonds is 2. The van der Waals surface area contributed by atoms with Crippen LogP contribution in [0.25, 0.3) is 21.9 Å². The highest BCUT2D eigenvalue weighted by atomic mass is 79.9. The molecular weight excluding hydrogens is 388 g/mol. The minimum Gasteiger partial charge on any atom is -0.222 e. The molecule has 2 aromatic carbocycles. The molecule has 0 amide bonds. The number of pyridine rings is 1. The largest absolute Gasteiger partial charge is 0.269 e. The lowest BCUT2D eigenvalue weighted by Crippen LogP contribution is -2.13. The van der Waals surface area contributed by atoms with Crippen molar-refractivity contribution >= 4 is 47.9 Å². The van der Waals surface area contributed by atoms with Crippen molar-refractivity contribution in [1.82, 2.24) is 8.96 Å². The zero-order chi connectivity index (χ0) is 16.9. The maximum atomic E-state index is 13.3. The fourth-order valence-corrected chi connectivity index (χ4v) is 4.62. The Kier molecular flexibility index (Phi) is 3.47. The lowest BCUT2D eigenvalue weighted by Gasteiger charge is -2.09. The second kappa shape index (κ2) is 5.43. The van der Waals surface area contributed by atoms with Crippen LogP contribution in [0.4, 0.5) is 0 Å². The lowest BCUT2D eigenvalue weighted by atomic mass is 10.2. The Bertz CT molecular complexity index is 1180. The average molecular weight is 401 g/mol. The lowest BCUT2D eigenvalue weighted by molar-refractivity contribution is 0.590. The first-order valence-electron chi connectivity index (χ1n) is 7.36. The van der Waals surface area contributed by atoms with Gasteiger partial charge in [-0.05, 0) is 53.2 Å². The summed E-state index contributed by atoms with van der Waals surface area (Å²) >= 11 is 3.34. The van der Waals surface area contributed by atoms with Gasteiger partial charge in [0.25, 0.3) is 10.0 Å². The van der Waals surface area contributed by atoms with Gasteiger partial charge >= 0.3 is 0 Å². The zero-order valence-electron chi connectivity index (χ0n) is 12.8. The van der Waals surface area contributed by atoms with Crippen molar-refractivity contribution in [2.75, 3.05) is 0 Å². The molecule has 0 atom stereocenters. The Morgan fingerprint density at radius 2 is 1.62 bits per heavy atom. The highest BCUT2D eigenvalue weighted by Gasteiger charge is 2.24. The quantitative estimate of drug-likeness (QED) is 0.465. The Balaban J connectivity index is 2.14. The molecule has 120 valence electrons. The topological polar surface area (TPSA) is 52.0 Å². The van der Waals surface area contributed by atoms with Crippen LogP contribution >= 0.6 is 15.9 Å². The smallest absolute Gasteiger partial charge is 0.222 e. The van der Waals surface area contributed by atoms with Gasteiger partial charge in [-0.25, -0.2) is 17.4 Å². The zero-order valence-corrected chi connectivity index (χ0v) is 15.2. The molecule has 0 unspecified atom stereocenters. The monoisotopic (exact) mass is 400 g/mol. The van der Waals surface area contributed by atoms with Gasteiger partial charge in [0, 0.05) is 10.8 Å². The molecule has 2 aromatic heterocycles. The van der Waals surface area contributed by atoms with Gasteiger partial charge in [0.1, 0.15) is 4.60 Å². The molecule has 0 N–H and O–H groups in total. The summed E-state index contributed by atoms with van der Waals surface area (Å²) in [5.41, 5.74) is 2.06. The third kappa shape index (κ3) is 2.25. The summed E-state index contributed by atoms with van der Waals surface area (Å²) in [6.07, 6.45) is 0. The van der Waals surface area contributed by atoms with Gasteiger partial charge in [-0.2, -0.15) is 0 Å². The number of hydrogen-bond acceptors (Lipinski definition) is 3. The van der Waals surface area contributed by atoms with Crippen molar-refractivity contribution in [3.8, 4) is 0 Å². The van der Waals surface area contributed by atoms with Crippen LogP contribution in [0.5, 0.6) is 0 Å². The highest BCUT2D eigenvalue weighted by molar-refractivity contribution is 9.10. The van der Waals surface area contributed by atoms with E-state index in [4.69, 9.17) is 0 Å². The van der Waals surface area contributed by atoms with E-state index in [2.05, 4.69) is 20.9 Å². The van der Waals surface area contributed by atoms with Crippen LogP contribution in [-0.4, -0.2) is 17.4 Å². The summed E-state index contributed by atoms with van der Waals surface area (Å²) in [4.78, 5) is 4.67. The molecule has 0 fully saturated rings. The van der Waals surface area contributed by atoms with E-state index in [1.165, 1.54) is 3.97 Å². The van der Waals surface area contributed by atoms with Crippen LogP contribution in [0.3, 0.4) is 0 Å². The molecule has 2 heterocycles. The molecule has 0 aliphatic carbocycles. The van der Waals surface area contributed by atoms with E-state index in [0.717, 1.165) is 16.3 Å². The van der Waals surface area contributed by atoms with Crippen LogP contribution in [0.2, 0.25) is 0 Å². The standard InChI is InChI=1S/C18H13BrN2O2S/c1-12-6-8-13(9-7-12)24(22,23)21-16-5-3-2-4-14(16)15-10-11-17(19)20-18(15)21/h2-11H,1H3. The van der Waals surface area contributed by atoms with Crippen LogP contribution in [-0.2, 0) is 10.0 Å². The van der Waals surface area contributed by atoms with Gasteiger partial charge in [-0.1, -0.05) is 35.9 Å². The molecule has 24 heavy (non-hydrogen) atoms. The second-order valence-electron chi connectivity index (χ2n) is 5.60. The number of hydrogen-bond donors (Lipinski definition) is 0. The third-order valence-electron chi connectivity index (χ3n) is 4.01. The molecule has 0 radical (unpaired) electrons. The molecule has 0 aliphatic rings.